The van der Waals surface area contributed by atoms with Gasteiger partial charge >= 0.3 is 6.09 Å². The molecular formula is C24H31BrClN5O4. The minimum Gasteiger partial charge on any atom is -0.488 e. The molecule has 0 saturated heterocycles. The van der Waals surface area contributed by atoms with Crippen molar-refractivity contribution < 1.29 is 14.3 Å². The van der Waals surface area contributed by atoms with Crippen molar-refractivity contribution in [1.29, 1.82) is 5.26 Å². The molecule has 2 aromatic rings. The first-order chi connectivity index (χ1) is 16.3. The monoisotopic (exact) mass is 567 g/mol. The largest absolute Gasteiger partial charge is 0.488 e. The summed E-state index contributed by atoms with van der Waals surface area (Å²) in [5.41, 5.74) is 0.0725. The first-order valence-corrected chi connectivity index (χ1v) is 12.4. The van der Waals surface area contributed by atoms with E-state index in [0.717, 1.165) is 0 Å². The lowest BCUT2D eigenvalue weighted by Gasteiger charge is -2.33. The summed E-state index contributed by atoms with van der Waals surface area (Å²) in [6.45, 7) is 6.93. The number of anilines is 1. The molecule has 2 heterocycles. The second-order valence-electron chi connectivity index (χ2n) is 9.96. The Kier molecular flexibility index (Phi) is 7.94. The summed E-state index contributed by atoms with van der Waals surface area (Å²) in [5, 5.41) is 11.1. The average Bonchev–Trinajstić information content (AvgIpc) is 2.75. The molecular weight excluding hydrogens is 538 g/mol. The molecule has 9 nitrogen and oxygen atoms in total. The highest BCUT2D eigenvalue weighted by atomic mass is 79.9. The van der Waals surface area contributed by atoms with Crippen molar-refractivity contribution in [3.63, 3.8) is 0 Å². The zero-order chi connectivity index (χ0) is 26.2. The molecule has 0 bridgehead atoms. The van der Waals surface area contributed by atoms with E-state index in [4.69, 9.17) is 21.1 Å². The number of aromatic nitrogens is 1. The summed E-state index contributed by atoms with van der Waals surface area (Å²) >= 11 is 10.0. The van der Waals surface area contributed by atoms with Crippen LogP contribution in [0.5, 0.6) is 5.75 Å². The van der Waals surface area contributed by atoms with Crippen LogP contribution >= 0.6 is 27.5 Å². The highest BCUT2D eigenvalue weighted by Crippen LogP contribution is 2.45. The van der Waals surface area contributed by atoms with Crippen LogP contribution in [-0.2, 0) is 4.74 Å². The van der Waals surface area contributed by atoms with Crippen LogP contribution in [-0.4, -0.2) is 80.5 Å². The maximum atomic E-state index is 13.7. The molecule has 11 heteroatoms. The fraction of sp³-hybridized carbons (Fsp3) is 0.542. The van der Waals surface area contributed by atoms with Crippen molar-refractivity contribution in [1.82, 2.24) is 14.4 Å². The van der Waals surface area contributed by atoms with E-state index in [0.29, 0.717) is 51.5 Å². The number of rotatable bonds is 6. The molecule has 1 amide bonds. The Morgan fingerprint density at radius 3 is 2.54 bits per heavy atom. The van der Waals surface area contributed by atoms with Crippen molar-refractivity contribution >= 4 is 50.2 Å². The van der Waals surface area contributed by atoms with E-state index in [1.165, 1.54) is 4.90 Å². The molecule has 1 aliphatic heterocycles. The van der Waals surface area contributed by atoms with Crippen LogP contribution in [0.1, 0.15) is 32.4 Å². The van der Waals surface area contributed by atoms with Crippen LogP contribution in [0.15, 0.2) is 15.3 Å². The molecule has 35 heavy (non-hydrogen) atoms. The van der Waals surface area contributed by atoms with Gasteiger partial charge in [0.1, 0.15) is 23.8 Å². The third-order valence-electron chi connectivity index (χ3n) is 5.65. The van der Waals surface area contributed by atoms with Gasteiger partial charge in [-0.3, -0.25) is 9.36 Å². The Balaban J connectivity index is 2.11. The topological polar surface area (TPSA) is 91.0 Å². The number of nitriles is 1. The van der Waals surface area contributed by atoms with Gasteiger partial charge < -0.3 is 24.2 Å². The Bertz CT molecular complexity index is 1250. The summed E-state index contributed by atoms with van der Waals surface area (Å²) in [7, 11) is 7.27. The van der Waals surface area contributed by atoms with Crippen LogP contribution < -0.4 is 15.2 Å². The molecule has 1 aromatic carbocycles. The normalized spacial score (nSPS) is 15.1. The summed E-state index contributed by atoms with van der Waals surface area (Å²) in [6.07, 6.45) is -0.449. The molecule has 1 atom stereocenters. The van der Waals surface area contributed by atoms with Crippen LogP contribution in [0.2, 0.25) is 5.02 Å². The standard InChI is InChI=1S/C24H31BrClN5O4/c1-24(2,3)35-23(33)30(7)9-8-29(6)19-15-10-17(26)18(25)21-20(15)31(22(32)16(19)11-27)14(13-34-21)12-28(4)5/h10,14H,8-9,12-13H2,1-7H3/t14-/m0/s1. The second kappa shape index (κ2) is 10.2. The summed E-state index contributed by atoms with van der Waals surface area (Å²) in [6, 6.07) is 3.58. The Labute approximate surface area is 218 Å². The first-order valence-electron chi connectivity index (χ1n) is 11.2. The van der Waals surface area contributed by atoms with E-state index in [1.807, 2.05) is 19.0 Å². The lowest BCUT2D eigenvalue weighted by molar-refractivity contribution is 0.0303. The number of amides is 1. The number of hydrogen-bond donors (Lipinski definition) is 0. The molecule has 3 rings (SSSR count). The molecule has 0 spiro atoms. The fourth-order valence-corrected chi connectivity index (χ4v) is 4.71. The van der Waals surface area contributed by atoms with Crippen molar-refractivity contribution in [2.45, 2.75) is 32.4 Å². The number of ether oxygens (including phenoxy) is 2. The third-order valence-corrected chi connectivity index (χ3v) is 6.96. The Morgan fingerprint density at radius 1 is 1.31 bits per heavy atom. The van der Waals surface area contributed by atoms with Gasteiger partial charge in [0, 0.05) is 39.1 Å². The number of carbonyl (C=O) groups excluding carboxylic acids is 1. The van der Waals surface area contributed by atoms with Crippen molar-refractivity contribution in [2.24, 2.45) is 0 Å². The smallest absolute Gasteiger partial charge is 0.410 e. The van der Waals surface area contributed by atoms with Gasteiger partial charge in [0.2, 0.25) is 0 Å². The predicted octanol–water partition coefficient (Wildman–Crippen LogP) is 4.09. The number of pyridine rings is 1. The molecule has 0 fully saturated rings. The number of hydrogen-bond acceptors (Lipinski definition) is 7. The zero-order valence-corrected chi connectivity index (χ0v) is 23.5. The summed E-state index contributed by atoms with van der Waals surface area (Å²) < 4.78 is 13.7. The maximum Gasteiger partial charge on any atom is 0.410 e. The highest BCUT2D eigenvalue weighted by molar-refractivity contribution is 9.10. The zero-order valence-electron chi connectivity index (χ0n) is 21.1. The predicted molar refractivity (Wildman–Crippen MR) is 141 cm³/mol. The summed E-state index contributed by atoms with van der Waals surface area (Å²) in [4.78, 5) is 31.3. The number of nitrogens with zero attached hydrogens (tertiary/aromatic N) is 5. The van der Waals surface area contributed by atoms with Crippen molar-refractivity contribution in [3.8, 4) is 11.8 Å². The Morgan fingerprint density at radius 2 is 1.97 bits per heavy atom. The average molecular weight is 569 g/mol. The molecule has 0 radical (unpaired) electrons. The van der Waals surface area contributed by atoms with E-state index < -0.39 is 11.7 Å². The number of likely N-dealkylation sites (N-methyl/N-ethyl adjacent to an activating group) is 3. The van der Waals surface area contributed by atoms with Crippen LogP contribution in [0.4, 0.5) is 10.5 Å². The number of benzene rings is 1. The Hall–Kier alpha value is -2.48. The van der Waals surface area contributed by atoms with Crippen LogP contribution in [0, 0.1) is 11.3 Å². The lowest BCUT2D eigenvalue weighted by Crippen LogP contribution is -2.41. The number of halogens is 2. The second-order valence-corrected chi connectivity index (χ2v) is 11.2. The van der Waals surface area contributed by atoms with E-state index >= 15 is 0 Å². The van der Waals surface area contributed by atoms with Gasteiger partial charge in [-0.25, -0.2) is 4.79 Å². The minimum absolute atomic E-state index is 0.0231. The minimum atomic E-state index is -0.608. The quantitative estimate of drug-likeness (QED) is 0.518. The van der Waals surface area contributed by atoms with Crippen LogP contribution in [0.25, 0.3) is 10.9 Å². The van der Waals surface area contributed by atoms with Crippen LogP contribution in [0.3, 0.4) is 0 Å². The van der Waals surface area contributed by atoms with Gasteiger partial charge in [0.25, 0.3) is 5.56 Å². The van der Waals surface area contributed by atoms with Gasteiger partial charge in [-0.05, 0) is 56.9 Å². The van der Waals surface area contributed by atoms with Gasteiger partial charge in [0.05, 0.1) is 26.7 Å². The van der Waals surface area contributed by atoms with E-state index in [2.05, 4.69) is 22.0 Å². The first kappa shape index (κ1) is 27.1. The molecule has 1 aromatic heterocycles. The fourth-order valence-electron chi connectivity index (χ4n) is 4.10. The molecule has 1 aliphatic rings. The van der Waals surface area contributed by atoms with Gasteiger partial charge in [-0.1, -0.05) is 11.6 Å². The van der Waals surface area contributed by atoms with Gasteiger partial charge in [-0.15, -0.1) is 0 Å². The van der Waals surface area contributed by atoms with E-state index in [9.17, 15) is 14.9 Å². The van der Waals surface area contributed by atoms with Crippen molar-refractivity contribution in [2.75, 3.05) is 59.3 Å². The maximum absolute atomic E-state index is 13.7. The van der Waals surface area contributed by atoms with Gasteiger partial charge in [-0.2, -0.15) is 5.26 Å². The third kappa shape index (κ3) is 5.52. The van der Waals surface area contributed by atoms with E-state index in [-0.39, 0.29) is 23.8 Å². The molecule has 0 N–H and O–H groups in total. The highest BCUT2D eigenvalue weighted by Gasteiger charge is 2.32. The van der Waals surface area contributed by atoms with Crippen molar-refractivity contribution in [3.05, 3.63) is 31.5 Å². The number of carbonyl (C=O) groups is 1. The SMILES string of the molecule is CN(C)C[C@H]1COc2c(Br)c(Cl)cc3c(N(C)CCN(C)C(=O)OC(C)(C)C)c(C#N)c(=O)n1c23. The lowest BCUT2D eigenvalue weighted by atomic mass is 10.0. The van der Waals surface area contributed by atoms with Gasteiger partial charge in [0.15, 0.2) is 5.75 Å². The molecule has 0 aliphatic carbocycles. The summed E-state index contributed by atoms with van der Waals surface area (Å²) in [5.74, 6) is 0.476. The molecule has 190 valence electrons. The molecule has 0 unspecified atom stereocenters. The van der Waals surface area contributed by atoms with E-state index in [1.54, 1.807) is 50.4 Å². The molecule has 0 saturated carbocycles.